The Morgan fingerprint density at radius 1 is 1.29 bits per heavy atom. The Hall–Kier alpha value is -1.97. The van der Waals surface area contributed by atoms with Gasteiger partial charge in [-0.25, -0.2) is 0 Å². The van der Waals surface area contributed by atoms with E-state index in [1.54, 1.807) is 24.3 Å². The number of benzene rings is 1. The van der Waals surface area contributed by atoms with E-state index in [0.717, 1.165) is 0 Å². The standard InChI is InChI=1S/C10H9NO3/c11-10-8(13)7(12)9(14-10)6-4-2-1-3-5-6/h1-5,9,13H,11H2/t9-/m1/s1. The summed E-state index contributed by atoms with van der Waals surface area (Å²) in [7, 11) is 0. The summed E-state index contributed by atoms with van der Waals surface area (Å²) >= 11 is 0. The minimum Gasteiger partial charge on any atom is -0.501 e. The molecule has 14 heavy (non-hydrogen) atoms. The lowest BCUT2D eigenvalue weighted by molar-refractivity contribution is -0.123. The Bertz CT molecular complexity index is 397. The number of ether oxygens (including phenoxy) is 1. The van der Waals surface area contributed by atoms with Crippen LogP contribution in [0.25, 0.3) is 0 Å². The van der Waals surface area contributed by atoms with E-state index >= 15 is 0 Å². The van der Waals surface area contributed by atoms with Gasteiger partial charge in [0.1, 0.15) is 0 Å². The zero-order valence-corrected chi connectivity index (χ0v) is 7.31. The van der Waals surface area contributed by atoms with E-state index in [1.807, 2.05) is 6.07 Å². The van der Waals surface area contributed by atoms with E-state index in [1.165, 1.54) is 0 Å². The zero-order chi connectivity index (χ0) is 10.1. The lowest BCUT2D eigenvalue weighted by atomic mass is 10.1. The van der Waals surface area contributed by atoms with Crippen molar-refractivity contribution < 1.29 is 14.6 Å². The Labute approximate surface area is 80.6 Å². The fraction of sp³-hybridized carbons (Fsp3) is 0.100. The van der Waals surface area contributed by atoms with Gasteiger partial charge in [0.15, 0.2) is 6.10 Å². The number of ketones is 1. The number of carbonyl (C=O) groups is 1. The molecule has 0 fully saturated rings. The molecule has 0 amide bonds. The number of hydrogen-bond donors (Lipinski definition) is 2. The summed E-state index contributed by atoms with van der Waals surface area (Å²) in [5.41, 5.74) is 5.97. The van der Waals surface area contributed by atoms with E-state index in [-0.39, 0.29) is 5.88 Å². The van der Waals surface area contributed by atoms with Crippen LogP contribution in [0.3, 0.4) is 0 Å². The first-order valence-electron chi connectivity index (χ1n) is 4.14. The van der Waals surface area contributed by atoms with Crippen molar-refractivity contribution in [2.24, 2.45) is 5.73 Å². The first-order chi connectivity index (χ1) is 6.70. The van der Waals surface area contributed by atoms with Crippen LogP contribution < -0.4 is 5.73 Å². The summed E-state index contributed by atoms with van der Waals surface area (Å²) in [5, 5.41) is 9.18. The first-order valence-corrected chi connectivity index (χ1v) is 4.14. The fourth-order valence-corrected chi connectivity index (χ4v) is 1.33. The second-order valence-corrected chi connectivity index (χ2v) is 2.99. The monoisotopic (exact) mass is 191 g/mol. The number of carbonyl (C=O) groups excluding carboxylic acids is 1. The van der Waals surface area contributed by atoms with Crippen molar-refractivity contribution in [3.05, 3.63) is 47.5 Å². The third kappa shape index (κ3) is 1.21. The molecule has 0 aliphatic carbocycles. The number of hydrogen-bond acceptors (Lipinski definition) is 4. The Balaban J connectivity index is 2.30. The molecule has 0 radical (unpaired) electrons. The molecule has 1 aliphatic rings. The summed E-state index contributed by atoms with van der Waals surface area (Å²) in [4.78, 5) is 11.4. The summed E-state index contributed by atoms with van der Waals surface area (Å²) in [6, 6.07) is 8.90. The summed E-state index contributed by atoms with van der Waals surface area (Å²) in [6.07, 6.45) is -0.795. The van der Waals surface area contributed by atoms with Crippen LogP contribution in [0, 0.1) is 0 Å². The highest BCUT2D eigenvalue weighted by molar-refractivity contribution is 5.99. The smallest absolute Gasteiger partial charge is 0.247 e. The maximum atomic E-state index is 11.4. The first kappa shape index (κ1) is 8.62. The molecule has 0 bridgehead atoms. The lowest BCUT2D eigenvalue weighted by Gasteiger charge is -2.08. The molecule has 1 aromatic carbocycles. The maximum Gasteiger partial charge on any atom is 0.247 e. The van der Waals surface area contributed by atoms with Crippen molar-refractivity contribution in [3.8, 4) is 0 Å². The lowest BCUT2D eigenvalue weighted by Crippen LogP contribution is -2.09. The van der Waals surface area contributed by atoms with E-state index in [0.29, 0.717) is 5.56 Å². The van der Waals surface area contributed by atoms with Gasteiger partial charge in [0.05, 0.1) is 0 Å². The molecule has 1 aliphatic heterocycles. The molecule has 0 spiro atoms. The highest BCUT2D eigenvalue weighted by atomic mass is 16.5. The minimum absolute atomic E-state index is 0.205. The Morgan fingerprint density at radius 3 is 2.43 bits per heavy atom. The van der Waals surface area contributed by atoms with Crippen LogP contribution in [0.15, 0.2) is 42.0 Å². The molecule has 0 saturated carbocycles. The van der Waals surface area contributed by atoms with Gasteiger partial charge in [0.25, 0.3) is 0 Å². The molecule has 0 aromatic heterocycles. The molecule has 1 heterocycles. The number of nitrogens with two attached hydrogens (primary N) is 1. The molecule has 1 aromatic rings. The van der Waals surface area contributed by atoms with Crippen LogP contribution in [-0.2, 0) is 9.53 Å². The maximum absolute atomic E-state index is 11.4. The molecular weight excluding hydrogens is 182 g/mol. The molecule has 4 heteroatoms. The number of aliphatic hydroxyl groups excluding tert-OH is 1. The topological polar surface area (TPSA) is 72.5 Å². The van der Waals surface area contributed by atoms with Crippen molar-refractivity contribution in [1.82, 2.24) is 0 Å². The van der Waals surface area contributed by atoms with Gasteiger partial charge in [-0.2, -0.15) is 0 Å². The summed E-state index contributed by atoms with van der Waals surface area (Å²) < 4.78 is 5.03. The molecule has 3 N–H and O–H groups in total. The van der Waals surface area contributed by atoms with Crippen molar-refractivity contribution in [2.75, 3.05) is 0 Å². The van der Waals surface area contributed by atoms with Gasteiger partial charge >= 0.3 is 0 Å². The largest absolute Gasteiger partial charge is 0.501 e. The van der Waals surface area contributed by atoms with E-state index in [9.17, 15) is 9.90 Å². The molecule has 2 rings (SSSR count). The highest BCUT2D eigenvalue weighted by Gasteiger charge is 2.34. The van der Waals surface area contributed by atoms with Crippen LogP contribution in [0.2, 0.25) is 0 Å². The van der Waals surface area contributed by atoms with Crippen LogP contribution in [0.4, 0.5) is 0 Å². The zero-order valence-electron chi connectivity index (χ0n) is 7.31. The van der Waals surface area contributed by atoms with Gasteiger partial charge in [-0.1, -0.05) is 30.3 Å². The average molecular weight is 191 g/mol. The van der Waals surface area contributed by atoms with Crippen LogP contribution in [0.5, 0.6) is 0 Å². The Morgan fingerprint density at radius 2 is 1.93 bits per heavy atom. The molecule has 0 saturated heterocycles. The molecule has 0 unspecified atom stereocenters. The second-order valence-electron chi connectivity index (χ2n) is 2.99. The van der Waals surface area contributed by atoms with Gasteiger partial charge in [-0.3, -0.25) is 4.79 Å². The van der Waals surface area contributed by atoms with Crippen LogP contribution in [-0.4, -0.2) is 10.9 Å². The van der Waals surface area contributed by atoms with E-state index < -0.39 is 17.6 Å². The predicted octanol–water partition coefficient (Wildman–Crippen LogP) is 1.01. The molecule has 1 atom stereocenters. The van der Waals surface area contributed by atoms with E-state index in [2.05, 4.69) is 0 Å². The van der Waals surface area contributed by atoms with Crippen molar-refractivity contribution in [1.29, 1.82) is 0 Å². The van der Waals surface area contributed by atoms with Gasteiger partial charge in [-0.05, 0) is 0 Å². The van der Waals surface area contributed by atoms with Gasteiger partial charge in [0.2, 0.25) is 17.4 Å². The van der Waals surface area contributed by atoms with Crippen molar-refractivity contribution >= 4 is 5.78 Å². The van der Waals surface area contributed by atoms with Gasteiger partial charge < -0.3 is 15.6 Å². The number of Topliss-reactive ketones (excluding diaryl/α,β-unsaturated/α-hetero) is 1. The number of rotatable bonds is 1. The van der Waals surface area contributed by atoms with Gasteiger partial charge in [0, 0.05) is 5.56 Å². The van der Waals surface area contributed by atoms with Crippen molar-refractivity contribution in [2.45, 2.75) is 6.10 Å². The third-order valence-electron chi connectivity index (χ3n) is 2.05. The van der Waals surface area contributed by atoms with Crippen LogP contribution in [0.1, 0.15) is 11.7 Å². The van der Waals surface area contributed by atoms with Gasteiger partial charge in [-0.15, -0.1) is 0 Å². The second kappa shape index (κ2) is 3.06. The molecule has 4 nitrogen and oxygen atoms in total. The molecule has 72 valence electrons. The molecular formula is C10H9NO3. The quantitative estimate of drug-likeness (QED) is 0.694. The fourth-order valence-electron chi connectivity index (χ4n) is 1.33. The van der Waals surface area contributed by atoms with Crippen molar-refractivity contribution in [3.63, 3.8) is 0 Å². The summed E-state index contributed by atoms with van der Waals surface area (Å²) in [6.45, 7) is 0. The van der Waals surface area contributed by atoms with E-state index in [4.69, 9.17) is 10.5 Å². The van der Waals surface area contributed by atoms with Crippen LogP contribution >= 0.6 is 0 Å². The predicted molar refractivity (Wildman–Crippen MR) is 49.1 cm³/mol. The SMILES string of the molecule is NC1=C(O)C(=O)[C@@H](c2ccccc2)O1. The minimum atomic E-state index is -0.795. The Kier molecular flexibility index (Phi) is 1.89. The third-order valence-corrected chi connectivity index (χ3v) is 2.05. The number of aliphatic hydroxyl groups is 1. The summed E-state index contributed by atoms with van der Waals surface area (Å²) in [5.74, 6) is -1.18. The normalized spacial score (nSPS) is 21.1. The average Bonchev–Trinajstić information content (AvgIpc) is 2.47. The highest BCUT2D eigenvalue weighted by Crippen LogP contribution is 2.29.